The number of rotatable bonds is 8. The second-order valence-electron chi connectivity index (χ2n) is 5.21. The minimum atomic E-state index is -1.51. The van der Waals surface area contributed by atoms with Gasteiger partial charge in [-0.3, -0.25) is 9.59 Å². The molecule has 0 spiro atoms. The Kier molecular flexibility index (Phi) is 5.54. The van der Waals surface area contributed by atoms with Crippen LogP contribution in [0, 0.1) is 12.3 Å². The number of epoxide rings is 1. The number of nitrogens with one attached hydrogen (secondary N) is 2. The summed E-state index contributed by atoms with van der Waals surface area (Å²) < 4.78 is 5.08. The van der Waals surface area contributed by atoms with Crippen molar-refractivity contribution >= 4 is 29.1 Å². The lowest BCUT2D eigenvalue weighted by molar-refractivity contribution is -0.143. The maximum absolute atomic E-state index is 12.3. The summed E-state index contributed by atoms with van der Waals surface area (Å²) in [6.07, 6.45) is 4.32. The van der Waals surface area contributed by atoms with Crippen molar-refractivity contribution in [3.63, 3.8) is 0 Å². The lowest BCUT2D eigenvalue weighted by Gasteiger charge is -2.17. The van der Waals surface area contributed by atoms with Gasteiger partial charge in [0.25, 0.3) is 5.91 Å². The van der Waals surface area contributed by atoms with Crippen LogP contribution >= 0.6 is 11.3 Å². The van der Waals surface area contributed by atoms with Gasteiger partial charge in [0.05, 0.1) is 17.7 Å². The van der Waals surface area contributed by atoms with Crippen molar-refractivity contribution in [3.8, 4) is 12.3 Å². The lowest BCUT2D eigenvalue weighted by atomic mass is 10.0. The number of thiazole rings is 1. The molecule has 24 heavy (non-hydrogen) atoms. The number of carbonyl (C=O) groups is 3. The van der Waals surface area contributed by atoms with Gasteiger partial charge in [-0.05, 0) is 6.42 Å². The van der Waals surface area contributed by atoms with Gasteiger partial charge in [0.15, 0.2) is 6.10 Å². The highest BCUT2D eigenvalue weighted by Crippen LogP contribution is 2.40. The van der Waals surface area contributed by atoms with Crippen LogP contribution < -0.4 is 10.6 Å². The van der Waals surface area contributed by atoms with Gasteiger partial charge in [0.2, 0.25) is 11.5 Å². The fraction of sp³-hybridized carbons (Fsp3) is 0.467. The van der Waals surface area contributed by atoms with E-state index in [9.17, 15) is 19.5 Å². The third-order valence-electron chi connectivity index (χ3n) is 3.71. The highest BCUT2D eigenvalue weighted by Gasteiger charge is 2.65. The number of hydrogen-bond acceptors (Lipinski definition) is 6. The molecule has 3 N–H and O–H groups in total. The predicted octanol–water partition coefficient (Wildman–Crippen LogP) is -0.448. The van der Waals surface area contributed by atoms with Crippen LogP contribution in [0.3, 0.4) is 0 Å². The van der Waals surface area contributed by atoms with Gasteiger partial charge >= 0.3 is 5.97 Å². The predicted molar refractivity (Wildman–Crippen MR) is 85.1 cm³/mol. The van der Waals surface area contributed by atoms with Crippen LogP contribution in [-0.2, 0) is 25.5 Å². The Morgan fingerprint density at radius 2 is 2.33 bits per heavy atom. The van der Waals surface area contributed by atoms with E-state index in [1.807, 2.05) is 0 Å². The number of amides is 2. The number of ether oxygens (including phenoxy) is 1. The summed E-state index contributed by atoms with van der Waals surface area (Å²) in [6, 6.07) is -0.916. The Bertz CT molecular complexity index is 669. The summed E-state index contributed by atoms with van der Waals surface area (Å²) >= 11 is 1.37. The van der Waals surface area contributed by atoms with Gasteiger partial charge < -0.3 is 20.5 Å². The summed E-state index contributed by atoms with van der Waals surface area (Å²) in [7, 11) is 0. The molecule has 1 aromatic rings. The first kappa shape index (κ1) is 17.9. The molecule has 0 saturated carbocycles. The first-order valence-electron chi connectivity index (χ1n) is 7.24. The van der Waals surface area contributed by atoms with Crippen LogP contribution in [0.1, 0.15) is 19.0 Å². The second-order valence-corrected chi connectivity index (χ2v) is 5.93. The fourth-order valence-corrected chi connectivity index (χ4v) is 2.86. The Hall–Kier alpha value is -2.44. The van der Waals surface area contributed by atoms with Crippen molar-refractivity contribution in [2.45, 2.75) is 37.5 Å². The van der Waals surface area contributed by atoms with Gasteiger partial charge in [-0.1, -0.05) is 12.8 Å². The highest BCUT2D eigenvalue weighted by atomic mass is 32.1. The number of aromatic nitrogens is 1. The number of carboxylic acids is 1. The zero-order valence-corrected chi connectivity index (χ0v) is 13.8. The molecular weight excluding hydrogens is 334 g/mol. The summed E-state index contributed by atoms with van der Waals surface area (Å²) in [4.78, 5) is 39.7. The van der Waals surface area contributed by atoms with Crippen LogP contribution in [0.15, 0.2) is 10.9 Å². The molecule has 128 valence electrons. The summed E-state index contributed by atoms with van der Waals surface area (Å²) in [5.41, 5.74) is 0.743. The molecule has 0 radical (unpaired) electrons. The molecule has 1 aliphatic heterocycles. The summed E-state index contributed by atoms with van der Waals surface area (Å²) in [5.74, 6) is -0.0276. The molecule has 0 aromatic carbocycles. The van der Waals surface area contributed by atoms with Crippen molar-refractivity contribution in [1.29, 1.82) is 0 Å². The Labute approximate surface area is 142 Å². The minimum absolute atomic E-state index is 0.0240. The van der Waals surface area contributed by atoms with Crippen molar-refractivity contribution in [3.05, 3.63) is 16.6 Å². The van der Waals surface area contributed by atoms with Crippen molar-refractivity contribution in [1.82, 2.24) is 15.6 Å². The number of carbonyl (C=O) groups excluding carboxylic acids is 2. The van der Waals surface area contributed by atoms with Gasteiger partial charge in [0.1, 0.15) is 6.04 Å². The molecule has 1 aliphatic rings. The topological polar surface area (TPSA) is 121 Å². The molecule has 9 heteroatoms. The average molecular weight is 351 g/mol. The summed E-state index contributed by atoms with van der Waals surface area (Å²) in [5, 5.41) is 16.0. The Balaban J connectivity index is 2.05. The smallest absolute Gasteiger partial charge is 0.339 e. The molecular formula is C15H17N3O5S. The second kappa shape index (κ2) is 7.42. The lowest BCUT2D eigenvalue weighted by Crippen LogP contribution is -2.50. The average Bonchev–Trinajstić information content (AvgIpc) is 3.12. The minimum Gasteiger partial charge on any atom is -0.479 e. The first-order valence-corrected chi connectivity index (χ1v) is 8.18. The molecule has 1 aromatic heterocycles. The highest BCUT2D eigenvalue weighted by molar-refractivity contribution is 7.07. The van der Waals surface area contributed by atoms with E-state index in [2.05, 4.69) is 21.5 Å². The number of carboxylic acid groups (broad SMARTS) is 1. The number of aliphatic carboxylic acids is 1. The van der Waals surface area contributed by atoms with E-state index in [4.69, 9.17) is 11.2 Å². The first-order chi connectivity index (χ1) is 11.4. The molecule has 0 bridgehead atoms. The van der Waals surface area contributed by atoms with Crippen LogP contribution in [0.4, 0.5) is 0 Å². The molecule has 1 saturated heterocycles. The molecule has 8 nitrogen and oxygen atoms in total. The molecule has 1 fully saturated rings. The monoisotopic (exact) mass is 351 g/mol. The molecule has 2 heterocycles. The van der Waals surface area contributed by atoms with Crippen LogP contribution in [0.2, 0.25) is 0 Å². The van der Waals surface area contributed by atoms with Crippen LogP contribution in [0.5, 0.6) is 0 Å². The van der Waals surface area contributed by atoms with E-state index in [-0.39, 0.29) is 19.4 Å². The molecule has 2 amide bonds. The van der Waals surface area contributed by atoms with E-state index >= 15 is 0 Å². The van der Waals surface area contributed by atoms with Crippen molar-refractivity contribution in [2.24, 2.45) is 0 Å². The number of terminal acetylenes is 1. The number of hydrogen-bond donors (Lipinski definition) is 3. The number of nitrogens with zero attached hydrogens (tertiary/aromatic N) is 1. The third kappa shape index (κ3) is 3.72. The van der Waals surface area contributed by atoms with Crippen LogP contribution in [0.25, 0.3) is 0 Å². The molecule has 3 atom stereocenters. The maximum Gasteiger partial charge on any atom is 0.339 e. The van der Waals surface area contributed by atoms with E-state index in [0.29, 0.717) is 5.69 Å². The van der Waals surface area contributed by atoms with Crippen molar-refractivity contribution < 1.29 is 24.2 Å². The molecule has 2 unspecified atom stereocenters. The van der Waals surface area contributed by atoms with E-state index in [1.165, 1.54) is 11.3 Å². The van der Waals surface area contributed by atoms with Crippen LogP contribution in [-0.4, -0.2) is 52.2 Å². The quantitative estimate of drug-likeness (QED) is 0.431. The summed E-state index contributed by atoms with van der Waals surface area (Å²) in [6.45, 7) is 1.64. The van der Waals surface area contributed by atoms with E-state index in [1.54, 1.807) is 17.8 Å². The SMILES string of the molecule is C#CCNC(=O)[C@H](Cc1cscn1)NC(=O)C1OC1(CC)C(=O)O. The third-order valence-corrected chi connectivity index (χ3v) is 4.35. The largest absolute Gasteiger partial charge is 0.479 e. The van der Waals surface area contributed by atoms with E-state index < -0.39 is 35.5 Å². The van der Waals surface area contributed by atoms with Gasteiger partial charge in [-0.25, -0.2) is 9.78 Å². The normalized spacial score (nSPS) is 22.9. The van der Waals surface area contributed by atoms with Gasteiger partial charge in [-0.15, -0.1) is 17.8 Å². The Morgan fingerprint density at radius 1 is 1.58 bits per heavy atom. The molecule has 2 rings (SSSR count). The Morgan fingerprint density at radius 3 is 2.83 bits per heavy atom. The fourth-order valence-electron chi connectivity index (χ4n) is 2.29. The zero-order valence-electron chi connectivity index (χ0n) is 12.9. The maximum atomic E-state index is 12.3. The standard InChI is InChI=1S/C15H17N3O5S/c1-3-5-16-12(19)10(6-9-7-24-8-17-9)18-13(20)11-15(4-2,23-11)14(21)22/h1,7-8,10-11H,4-6H2,2H3,(H,16,19)(H,18,20)(H,21,22)/t10-,11?,15?/m0/s1. The van der Waals surface area contributed by atoms with Gasteiger partial charge in [0, 0.05) is 11.8 Å². The van der Waals surface area contributed by atoms with Crippen molar-refractivity contribution in [2.75, 3.05) is 6.54 Å². The molecule has 0 aliphatic carbocycles. The van der Waals surface area contributed by atoms with E-state index in [0.717, 1.165) is 0 Å². The zero-order chi connectivity index (χ0) is 17.7. The van der Waals surface area contributed by atoms with Gasteiger partial charge in [-0.2, -0.15) is 0 Å².